The number of likely N-dealkylation sites (N-methyl/N-ethyl adjacent to an activating group) is 1. The molecule has 1 N–H and O–H groups in total. The quantitative estimate of drug-likeness (QED) is 0.871. The Morgan fingerprint density at radius 1 is 1.50 bits per heavy atom. The minimum Gasteiger partial charge on any atom is -0.370 e. The van der Waals surface area contributed by atoms with Gasteiger partial charge in [-0.05, 0) is 40.1 Å². The summed E-state index contributed by atoms with van der Waals surface area (Å²) >= 11 is 0. The van der Waals surface area contributed by atoms with Gasteiger partial charge in [-0.1, -0.05) is 0 Å². The Hall–Kier alpha value is -1.13. The molecule has 1 saturated heterocycles. The predicted octanol–water partition coefficient (Wildman–Crippen LogP) is 1.33. The molecule has 1 aliphatic heterocycles. The molecule has 1 aromatic heterocycles. The van der Waals surface area contributed by atoms with Gasteiger partial charge in [0, 0.05) is 49.3 Å². The molecular formula is C14H24N4. The van der Waals surface area contributed by atoms with Crippen molar-refractivity contribution in [2.75, 3.05) is 39.1 Å². The number of nitrogens with one attached hydrogen (secondary N) is 1. The fourth-order valence-electron chi connectivity index (χ4n) is 2.65. The summed E-state index contributed by atoms with van der Waals surface area (Å²) < 4.78 is 0. The van der Waals surface area contributed by atoms with Crippen LogP contribution in [0.25, 0.3) is 0 Å². The zero-order valence-corrected chi connectivity index (χ0v) is 11.7. The highest BCUT2D eigenvalue weighted by molar-refractivity contribution is 5.52. The van der Waals surface area contributed by atoms with Gasteiger partial charge >= 0.3 is 0 Å². The molecule has 100 valence electrons. The van der Waals surface area contributed by atoms with Gasteiger partial charge in [-0.15, -0.1) is 0 Å². The molecule has 1 unspecified atom stereocenters. The third kappa shape index (κ3) is 3.00. The summed E-state index contributed by atoms with van der Waals surface area (Å²) in [5.41, 5.74) is 2.63. The first kappa shape index (κ1) is 13.3. The Balaban J connectivity index is 2.15. The first-order valence-electron chi connectivity index (χ1n) is 6.71. The standard InChI is InChI=1S/C14H24N4/c1-15-9-12-10-16-7-6-14(12)18-8-4-5-13(11-18)17(2)3/h6-7,10,13,15H,4-5,8-9,11H2,1-3H3. The van der Waals surface area contributed by atoms with Crippen molar-refractivity contribution in [1.82, 2.24) is 15.2 Å². The van der Waals surface area contributed by atoms with Crippen LogP contribution in [0.1, 0.15) is 18.4 Å². The summed E-state index contributed by atoms with van der Waals surface area (Å²) in [5.74, 6) is 0. The van der Waals surface area contributed by atoms with Crippen molar-refractivity contribution in [2.45, 2.75) is 25.4 Å². The lowest BCUT2D eigenvalue weighted by molar-refractivity contribution is 0.258. The van der Waals surface area contributed by atoms with E-state index in [0.717, 1.165) is 19.6 Å². The highest BCUT2D eigenvalue weighted by Crippen LogP contribution is 2.24. The van der Waals surface area contributed by atoms with Gasteiger partial charge in [0.2, 0.25) is 0 Å². The van der Waals surface area contributed by atoms with Crippen molar-refractivity contribution < 1.29 is 0 Å². The van der Waals surface area contributed by atoms with Crippen molar-refractivity contribution in [3.63, 3.8) is 0 Å². The molecular weight excluding hydrogens is 224 g/mol. The number of pyridine rings is 1. The molecule has 0 amide bonds. The van der Waals surface area contributed by atoms with Crippen molar-refractivity contribution in [2.24, 2.45) is 0 Å². The van der Waals surface area contributed by atoms with Crippen LogP contribution in [0.2, 0.25) is 0 Å². The average molecular weight is 248 g/mol. The van der Waals surface area contributed by atoms with Gasteiger partial charge in [0.1, 0.15) is 0 Å². The molecule has 2 rings (SSSR count). The normalized spacial score (nSPS) is 20.4. The number of anilines is 1. The van der Waals surface area contributed by atoms with Crippen molar-refractivity contribution >= 4 is 5.69 Å². The number of hydrogen-bond acceptors (Lipinski definition) is 4. The van der Waals surface area contributed by atoms with Crippen LogP contribution in [-0.4, -0.2) is 50.2 Å². The van der Waals surface area contributed by atoms with Crippen LogP contribution in [0.15, 0.2) is 18.5 Å². The van der Waals surface area contributed by atoms with E-state index in [4.69, 9.17) is 0 Å². The molecule has 0 aliphatic carbocycles. The monoisotopic (exact) mass is 248 g/mol. The molecule has 0 radical (unpaired) electrons. The first-order chi connectivity index (χ1) is 8.72. The zero-order chi connectivity index (χ0) is 13.0. The molecule has 4 heteroatoms. The highest BCUT2D eigenvalue weighted by Gasteiger charge is 2.22. The van der Waals surface area contributed by atoms with Gasteiger partial charge < -0.3 is 15.1 Å². The second kappa shape index (κ2) is 6.16. The Morgan fingerprint density at radius 3 is 3.06 bits per heavy atom. The summed E-state index contributed by atoms with van der Waals surface area (Å²) in [6, 6.07) is 2.81. The summed E-state index contributed by atoms with van der Waals surface area (Å²) in [6.07, 6.45) is 6.44. The van der Waals surface area contributed by atoms with Gasteiger partial charge in [-0.25, -0.2) is 0 Å². The maximum absolute atomic E-state index is 4.24. The predicted molar refractivity (Wildman–Crippen MR) is 75.9 cm³/mol. The van der Waals surface area contributed by atoms with Gasteiger partial charge in [0.15, 0.2) is 0 Å². The van der Waals surface area contributed by atoms with Gasteiger partial charge in [-0.2, -0.15) is 0 Å². The van der Waals surface area contributed by atoms with Crippen LogP contribution < -0.4 is 10.2 Å². The second-order valence-electron chi connectivity index (χ2n) is 5.24. The second-order valence-corrected chi connectivity index (χ2v) is 5.24. The third-order valence-corrected chi connectivity index (χ3v) is 3.71. The Kier molecular flexibility index (Phi) is 4.55. The van der Waals surface area contributed by atoms with E-state index in [1.807, 2.05) is 19.4 Å². The number of piperidine rings is 1. The van der Waals surface area contributed by atoms with Gasteiger partial charge in [0.05, 0.1) is 0 Å². The van der Waals surface area contributed by atoms with Crippen LogP contribution in [0.3, 0.4) is 0 Å². The third-order valence-electron chi connectivity index (χ3n) is 3.71. The van der Waals surface area contributed by atoms with Crippen LogP contribution in [-0.2, 0) is 6.54 Å². The van der Waals surface area contributed by atoms with E-state index in [1.54, 1.807) is 0 Å². The number of aromatic nitrogens is 1. The van der Waals surface area contributed by atoms with Crippen molar-refractivity contribution in [1.29, 1.82) is 0 Å². The largest absolute Gasteiger partial charge is 0.370 e. The fraction of sp³-hybridized carbons (Fsp3) is 0.643. The molecule has 1 aromatic rings. The average Bonchev–Trinajstić information content (AvgIpc) is 2.40. The molecule has 1 atom stereocenters. The smallest absolute Gasteiger partial charge is 0.0443 e. The van der Waals surface area contributed by atoms with Crippen LogP contribution in [0.5, 0.6) is 0 Å². The summed E-state index contributed by atoms with van der Waals surface area (Å²) in [5, 5.41) is 3.22. The molecule has 0 bridgehead atoms. The van der Waals surface area contributed by atoms with E-state index in [9.17, 15) is 0 Å². The van der Waals surface area contributed by atoms with Crippen LogP contribution in [0.4, 0.5) is 5.69 Å². The molecule has 0 saturated carbocycles. The fourth-order valence-corrected chi connectivity index (χ4v) is 2.65. The molecule has 0 aromatic carbocycles. The maximum Gasteiger partial charge on any atom is 0.0443 e. The lowest BCUT2D eigenvalue weighted by Crippen LogP contribution is -2.45. The first-order valence-corrected chi connectivity index (χ1v) is 6.71. The molecule has 18 heavy (non-hydrogen) atoms. The number of hydrogen-bond donors (Lipinski definition) is 1. The van der Waals surface area contributed by atoms with E-state index in [1.165, 1.54) is 24.1 Å². The van der Waals surface area contributed by atoms with Crippen LogP contribution in [0, 0.1) is 0 Å². The van der Waals surface area contributed by atoms with Crippen molar-refractivity contribution in [3.05, 3.63) is 24.0 Å². The summed E-state index contributed by atoms with van der Waals surface area (Å²) in [6.45, 7) is 3.16. The maximum atomic E-state index is 4.24. The number of nitrogens with zero attached hydrogens (tertiary/aromatic N) is 3. The van der Waals surface area contributed by atoms with Gasteiger partial charge in [-0.3, -0.25) is 4.98 Å². The van der Waals surface area contributed by atoms with Crippen LogP contribution >= 0.6 is 0 Å². The van der Waals surface area contributed by atoms with E-state index in [2.05, 4.69) is 40.3 Å². The SMILES string of the molecule is CNCc1cnccc1N1CCCC(N(C)C)C1. The molecule has 1 aliphatic rings. The number of rotatable bonds is 4. The minimum atomic E-state index is 0.661. The van der Waals surface area contributed by atoms with E-state index >= 15 is 0 Å². The summed E-state index contributed by atoms with van der Waals surface area (Å²) in [7, 11) is 6.33. The van der Waals surface area contributed by atoms with E-state index in [-0.39, 0.29) is 0 Å². The molecule has 4 nitrogen and oxygen atoms in total. The van der Waals surface area contributed by atoms with Gasteiger partial charge in [0.25, 0.3) is 0 Å². The topological polar surface area (TPSA) is 31.4 Å². The lowest BCUT2D eigenvalue weighted by Gasteiger charge is -2.38. The Morgan fingerprint density at radius 2 is 2.33 bits per heavy atom. The minimum absolute atomic E-state index is 0.661. The van der Waals surface area contributed by atoms with E-state index in [0.29, 0.717) is 6.04 Å². The van der Waals surface area contributed by atoms with Crippen molar-refractivity contribution in [3.8, 4) is 0 Å². The lowest BCUT2D eigenvalue weighted by atomic mass is 10.0. The molecule has 1 fully saturated rings. The van der Waals surface area contributed by atoms with E-state index < -0.39 is 0 Å². The molecule has 0 spiro atoms. The Labute approximate surface area is 110 Å². The zero-order valence-electron chi connectivity index (χ0n) is 11.7. The molecule has 2 heterocycles. The summed E-state index contributed by atoms with van der Waals surface area (Å²) in [4.78, 5) is 9.08. The highest BCUT2D eigenvalue weighted by atomic mass is 15.2. The Bertz CT molecular complexity index is 378.